The second-order valence-electron chi connectivity index (χ2n) is 6.21. The minimum atomic E-state index is 0. The van der Waals surface area contributed by atoms with Gasteiger partial charge in [0.05, 0.1) is 13.0 Å². The van der Waals surface area contributed by atoms with Crippen molar-refractivity contribution in [2.45, 2.75) is 25.7 Å². The molecule has 2 aromatic carbocycles. The summed E-state index contributed by atoms with van der Waals surface area (Å²) in [5, 5.41) is 0. The summed E-state index contributed by atoms with van der Waals surface area (Å²) in [5.41, 5.74) is 11.2. The van der Waals surface area contributed by atoms with Crippen LogP contribution in [0.4, 0.5) is 11.4 Å². The molecule has 24 heavy (non-hydrogen) atoms. The number of fused-ring (bicyclic) bond motifs is 2. The predicted octanol–water partition coefficient (Wildman–Crippen LogP) is 3.15. The van der Waals surface area contributed by atoms with Crippen molar-refractivity contribution in [3.8, 4) is 5.75 Å². The molecular weight excluding hydrogens is 324 g/mol. The Hall–Kier alpha value is -2.20. The highest BCUT2D eigenvalue weighted by Crippen LogP contribution is 2.32. The van der Waals surface area contributed by atoms with E-state index in [0.717, 1.165) is 60.7 Å². The molecule has 0 unspecified atom stereocenters. The number of ether oxygens (including phenoxy) is 1. The van der Waals surface area contributed by atoms with Crippen LogP contribution in [0.1, 0.15) is 23.1 Å². The smallest absolute Gasteiger partial charge is 0.231 e. The Morgan fingerprint density at radius 3 is 2.96 bits per heavy atom. The van der Waals surface area contributed by atoms with Gasteiger partial charge in [0.1, 0.15) is 5.75 Å². The number of hydrogen-bond donors (Lipinski definition) is 1. The van der Waals surface area contributed by atoms with E-state index in [4.69, 9.17) is 10.5 Å². The highest BCUT2D eigenvalue weighted by Gasteiger charge is 2.24. The molecule has 0 aliphatic carbocycles. The molecule has 2 aliphatic rings. The van der Waals surface area contributed by atoms with Gasteiger partial charge in [-0.3, -0.25) is 4.79 Å². The molecule has 2 N–H and O–H groups in total. The minimum Gasteiger partial charge on any atom is -0.493 e. The Kier molecular flexibility index (Phi) is 4.67. The van der Waals surface area contributed by atoms with Gasteiger partial charge in [-0.15, -0.1) is 12.4 Å². The largest absolute Gasteiger partial charge is 0.493 e. The fourth-order valence-corrected chi connectivity index (χ4v) is 3.53. The zero-order chi connectivity index (χ0) is 15.8. The maximum atomic E-state index is 12.8. The molecule has 0 aromatic heterocycles. The van der Waals surface area contributed by atoms with Gasteiger partial charge in [-0.25, -0.2) is 0 Å². The number of anilines is 2. The summed E-state index contributed by atoms with van der Waals surface area (Å²) < 4.78 is 5.53. The van der Waals surface area contributed by atoms with Crippen molar-refractivity contribution >= 4 is 29.7 Å². The van der Waals surface area contributed by atoms with Crippen molar-refractivity contribution < 1.29 is 9.53 Å². The summed E-state index contributed by atoms with van der Waals surface area (Å²) in [7, 11) is 0. The first-order chi connectivity index (χ1) is 11.2. The van der Waals surface area contributed by atoms with E-state index in [2.05, 4.69) is 6.07 Å². The molecule has 4 nitrogen and oxygen atoms in total. The van der Waals surface area contributed by atoms with Crippen molar-refractivity contribution in [3.63, 3.8) is 0 Å². The monoisotopic (exact) mass is 344 g/mol. The molecule has 4 rings (SSSR count). The van der Waals surface area contributed by atoms with Crippen LogP contribution in [-0.4, -0.2) is 19.1 Å². The molecule has 1 amide bonds. The van der Waals surface area contributed by atoms with Crippen LogP contribution in [0.15, 0.2) is 36.4 Å². The van der Waals surface area contributed by atoms with Gasteiger partial charge in [0.2, 0.25) is 5.91 Å². The zero-order valence-electron chi connectivity index (χ0n) is 13.5. The lowest BCUT2D eigenvalue weighted by Crippen LogP contribution is -2.36. The number of carbonyl (C=O) groups excluding carboxylic acids is 1. The SMILES string of the molecule is Cl.Nc1cccc2c1CCCN2C(=O)Cc1ccc2c(c1)CCO2. The van der Waals surface area contributed by atoms with Gasteiger partial charge in [-0.1, -0.05) is 18.2 Å². The summed E-state index contributed by atoms with van der Waals surface area (Å²) in [6.45, 7) is 1.51. The molecule has 0 radical (unpaired) electrons. The van der Waals surface area contributed by atoms with Crippen LogP contribution >= 0.6 is 12.4 Å². The number of benzene rings is 2. The topological polar surface area (TPSA) is 55.6 Å². The Morgan fingerprint density at radius 1 is 1.21 bits per heavy atom. The zero-order valence-corrected chi connectivity index (χ0v) is 14.3. The molecule has 126 valence electrons. The second kappa shape index (κ2) is 6.73. The Morgan fingerprint density at radius 2 is 2.08 bits per heavy atom. The van der Waals surface area contributed by atoms with Crippen LogP contribution < -0.4 is 15.4 Å². The van der Waals surface area contributed by atoms with E-state index in [9.17, 15) is 4.79 Å². The number of nitrogen functional groups attached to an aromatic ring is 1. The predicted molar refractivity (Wildman–Crippen MR) is 98.1 cm³/mol. The number of carbonyl (C=O) groups is 1. The van der Waals surface area contributed by atoms with Gasteiger partial charge in [0.15, 0.2) is 0 Å². The molecule has 0 spiro atoms. The van der Waals surface area contributed by atoms with Crippen LogP contribution in [0.25, 0.3) is 0 Å². The maximum Gasteiger partial charge on any atom is 0.231 e. The lowest BCUT2D eigenvalue weighted by molar-refractivity contribution is -0.118. The average Bonchev–Trinajstić information content (AvgIpc) is 3.02. The number of amides is 1. The van der Waals surface area contributed by atoms with Crippen LogP contribution in [0, 0.1) is 0 Å². The standard InChI is InChI=1S/C19H20N2O2.ClH/c20-16-4-1-5-17-15(16)3-2-9-21(17)19(22)12-13-6-7-18-14(11-13)8-10-23-18;/h1,4-7,11H,2-3,8-10,12,20H2;1H. The van der Waals surface area contributed by atoms with Crippen molar-refractivity contribution in [1.82, 2.24) is 0 Å². The van der Waals surface area contributed by atoms with E-state index in [-0.39, 0.29) is 18.3 Å². The van der Waals surface area contributed by atoms with E-state index < -0.39 is 0 Å². The quantitative estimate of drug-likeness (QED) is 0.851. The molecule has 2 aromatic rings. The van der Waals surface area contributed by atoms with Crippen molar-refractivity contribution in [2.75, 3.05) is 23.8 Å². The van der Waals surface area contributed by atoms with Gasteiger partial charge in [-0.2, -0.15) is 0 Å². The molecular formula is C19H21ClN2O2. The molecule has 0 fully saturated rings. The van der Waals surface area contributed by atoms with E-state index in [0.29, 0.717) is 6.42 Å². The number of nitrogens with zero attached hydrogens (tertiary/aromatic N) is 1. The van der Waals surface area contributed by atoms with Gasteiger partial charge >= 0.3 is 0 Å². The van der Waals surface area contributed by atoms with Crippen molar-refractivity contribution in [2.24, 2.45) is 0 Å². The van der Waals surface area contributed by atoms with Gasteiger partial charge in [-0.05, 0) is 47.7 Å². The van der Waals surface area contributed by atoms with Crippen LogP contribution in [0.5, 0.6) is 5.75 Å². The van der Waals surface area contributed by atoms with E-state index in [1.165, 1.54) is 5.56 Å². The number of hydrogen-bond acceptors (Lipinski definition) is 3. The average molecular weight is 345 g/mol. The third-order valence-electron chi connectivity index (χ3n) is 4.70. The third-order valence-corrected chi connectivity index (χ3v) is 4.70. The highest BCUT2D eigenvalue weighted by atomic mass is 35.5. The molecule has 2 heterocycles. The van der Waals surface area contributed by atoms with Gasteiger partial charge in [0.25, 0.3) is 0 Å². The Balaban J connectivity index is 0.00000169. The molecule has 5 heteroatoms. The lowest BCUT2D eigenvalue weighted by Gasteiger charge is -2.30. The highest BCUT2D eigenvalue weighted by molar-refractivity contribution is 5.96. The summed E-state index contributed by atoms with van der Waals surface area (Å²) in [6.07, 6.45) is 3.26. The van der Waals surface area contributed by atoms with Gasteiger partial charge in [0, 0.05) is 24.3 Å². The van der Waals surface area contributed by atoms with Crippen LogP contribution in [-0.2, 0) is 24.1 Å². The first kappa shape index (κ1) is 16.7. The Bertz CT molecular complexity index is 776. The third kappa shape index (κ3) is 2.94. The van der Waals surface area contributed by atoms with Crippen molar-refractivity contribution in [3.05, 3.63) is 53.1 Å². The second-order valence-corrected chi connectivity index (χ2v) is 6.21. The minimum absolute atomic E-state index is 0. The summed E-state index contributed by atoms with van der Waals surface area (Å²) in [4.78, 5) is 14.7. The summed E-state index contributed by atoms with van der Waals surface area (Å²) in [5.74, 6) is 1.09. The molecule has 0 bridgehead atoms. The van der Waals surface area contributed by atoms with Crippen molar-refractivity contribution in [1.29, 1.82) is 0 Å². The summed E-state index contributed by atoms with van der Waals surface area (Å²) in [6, 6.07) is 11.9. The van der Waals surface area contributed by atoms with Crippen LogP contribution in [0.3, 0.4) is 0 Å². The number of rotatable bonds is 2. The van der Waals surface area contributed by atoms with E-state index in [1.54, 1.807) is 0 Å². The van der Waals surface area contributed by atoms with E-state index >= 15 is 0 Å². The number of nitrogens with two attached hydrogens (primary N) is 1. The van der Waals surface area contributed by atoms with Gasteiger partial charge < -0.3 is 15.4 Å². The maximum absolute atomic E-state index is 12.8. The van der Waals surface area contributed by atoms with Crippen LogP contribution in [0.2, 0.25) is 0 Å². The summed E-state index contributed by atoms with van der Waals surface area (Å²) >= 11 is 0. The molecule has 0 saturated heterocycles. The molecule has 0 atom stereocenters. The molecule has 2 aliphatic heterocycles. The number of halogens is 1. The fraction of sp³-hybridized carbons (Fsp3) is 0.316. The lowest BCUT2D eigenvalue weighted by atomic mass is 9.98. The normalized spacial score (nSPS) is 15.1. The Labute approximate surface area is 148 Å². The molecule has 0 saturated carbocycles. The van der Waals surface area contributed by atoms with E-state index in [1.807, 2.05) is 35.2 Å². The fourth-order valence-electron chi connectivity index (χ4n) is 3.53. The first-order valence-corrected chi connectivity index (χ1v) is 8.15. The first-order valence-electron chi connectivity index (χ1n) is 8.15.